The third-order valence-corrected chi connectivity index (χ3v) is 11.5. The van der Waals surface area contributed by atoms with Crippen molar-refractivity contribution < 1.29 is 47.5 Å². The lowest BCUT2D eigenvalue weighted by Crippen LogP contribution is -2.34. The van der Waals surface area contributed by atoms with Crippen LogP contribution in [0, 0.1) is 0 Å². The van der Waals surface area contributed by atoms with Crippen LogP contribution in [0.4, 0.5) is 0 Å². The number of allylic oxidation sites excluding steroid dienone is 2. The summed E-state index contributed by atoms with van der Waals surface area (Å²) < 4.78 is 32.8. The molecule has 0 aliphatic carbocycles. The first-order valence-electron chi connectivity index (χ1n) is 23.7. The van der Waals surface area contributed by atoms with Gasteiger partial charge in [0.2, 0.25) is 0 Å². The molecule has 3 atom stereocenters. The van der Waals surface area contributed by atoms with Crippen LogP contribution in [-0.2, 0) is 37.5 Å². The summed E-state index contributed by atoms with van der Waals surface area (Å²) in [5.41, 5.74) is 5.34. The van der Waals surface area contributed by atoms with E-state index in [0.29, 0.717) is 12.8 Å². The molecule has 0 heterocycles. The zero-order valence-corrected chi connectivity index (χ0v) is 38.1. The summed E-state index contributed by atoms with van der Waals surface area (Å²) in [6.07, 6.45) is 42.7. The number of rotatable bonds is 45. The number of carboxylic acids is 1. The Morgan fingerprint density at radius 1 is 0.517 bits per heavy atom. The third-order valence-electron chi connectivity index (χ3n) is 10.5. The summed E-state index contributed by atoms with van der Waals surface area (Å²) >= 11 is 0. The molecule has 0 saturated carbocycles. The van der Waals surface area contributed by atoms with E-state index in [1.165, 1.54) is 135 Å². The Balaban J connectivity index is 4.28. The van der Waals surface area contributed by atoms with Gasteiger partial charge in [-0.05, 0) is 38.5 Å². The first-order valence-corrected chi connectivity index (χ1v) is 25.2. The van der Waals surface area contributed by atoms with Crippen molar-refractivity contribution in [3.05, 3.63) is 12.2 Å². The van der Waals surface area contributed by atoms with Crippen LogP contribution >= 0.6 is 7.82 Å². The monoisotopic (exact) mass is 846 g/mol. The molecule has 0 fully saturated rings. The minimum absolute atomic E-state index is 0.156. The molecule has 58 heavy (non-hydrogen) atoms. The van der Waals surface area contributed by atoms with Crippen molar-refractivity contribution in [3.63, 3.8) is 0 Å². The minimum atomic E-state index is -4.71. The number of phosphoric ester groups is 1. The van der Waals surface area contributed by atoms with E-state index in [9.17, 15) is 23.8 Å². The molecule has 0 bridgehead atoms. The van der Waals surface area contributed by atoms with Gasteiger partial charge in [-0.25, -0.2) is 4.57 Å². The number of carboxylic acid groups (broad SMARTS) is 1. The molecular formula is C46H88NO10P. The highest BCUT2D eigenvalue weighted by Crippen LogP contribution is 2.43. The van der Waals surface area contributed by atoms with E-state index in [0.717, 1.165) is 57.8 Å². The average molecular weight is 846 g/mol. The summed E-state index contributed by atoms with van der Waals surface area (Å²) in [5.74, 6) is -2.37. The maximum absolute atomic E-state index is 12.6. The molecule has 0 radical (unpaired) electrons. The van der Waals surface area contributed by atoms with Gasteiger partial charge in [0.15, 0.2) is 6.10 Å². The van der Waals surface area contributed by atoms with Crippen LogP contribution in [-0.4, -0.2) is 59.9 Å². The number of carbonyl (C=O) groups excluding carboxylic acids is 2. The van der Waals surface area contributed by atoms with Crippen molar-refractivity contribution in [1.29, 1.82) is 0 Å². The predicted octanol–water partition coefficient (Wildman–Crippen LogP) is 12.8. The first kappa shape index (κ1) is 56.2. The molecule has 12 heteroatoms. The van der Waals surface area contributed by atoms with Crippen LogP contribution in [0.5, 0.6) is 0 Å². The van der Waals surface area contributed by atoms with Crippen LogP contribution in [0.2, 0.25) is 0 Å². The van der Waals surface area contributed by atoms with Crippen molar-refractivity contribution in [2.75, 3.05) is 19.8 Å². The van der Waals surface area contributed by atoms with E-state index in [-0.39, 0.29) is 19.4 Å². The number of carbonyl (C=O) groups is 3. The Morgan fingerprint density at radius 3 is 1.26 bits per heavy atom. The van der Waals surface area contributed by atoms with Gasteiger partial charge in [0.1, 0.15) is 12.6 Å². The highest BCUT2D eigenvalue weighted by atomic mass is 31.2. The van der Waals surface area contributed by atoms with E-state index >= 15 is 0 Å². The van der Waals surface area contributed by atoms with Gasteiger partial charge >= 0.3 is 25.7 Å². The first-order chi connectivity index (χ1) is 28.1. The van der Waals surface area contributed by atoms with Crippen LogP contribution < -0.4 is 5.73 Å². The maximum atomic E-state index is 12.6. The van der Waals surface area contributed by atoms with Gasteiger partial charge in [0, 0.05) is 12.8 Å². The molecule has 11 nitrogen and oxygen atoms in total. The van der Waals surface area contributed by atoms with Gasteiger partial charge in [-0.1, -0.05) is 193 Å². The summed E-state index contributed by atoms with van der Waals surface area (Å²) in [6.45, 7) is 2.83. The number of hydrogen-bond acceptors (Lipinski definition) is 9. The summed E-state index contributed by atoms with van der Waals surface area (Å²) in [5, 5.41) is 8.90. The molecule has 4 N–H and O–H groups in total. The molecule has 0 aromatic heterocycles. The largest absolute Gasteiger partial charge is 0.480 e. The van der Waals surface area contributed by atoms with Crippen molar-refractivity contribution in [3.8, 4) is 0 Å². The molecule has 0 amide bonds. The lowest BCUT2D eigenvalue weighted by Gasteiger charge is -2.20. The Morgan fingerprint density at radius 2 is 0.862 bits per heavy atom. The summed E-state index contributed by atoms with van der Waals surface area (Å²) in [4.78, 5) is 46.0. The second kappa shape index (κ2) is 41.9. The van der Waals surface area contributed by atoms with Gasteiger partial charge in [0.25, 0.3) is 0 Å². The third kappa shape index (κ3) is 41.0. The fraction of sp³-hybridized carbons (Fsp3) is 0.891. The SMILES string of the molecule is CCCCCCCCC/C=C\CCCCCCCC(=O)O[C@H](COC(=O)CCCCCCCCCCCCCCCCCCCC)COP(=O)(O)OC[C@H](N)C(=O)O. The molecular weight excluding hydrogens is 757 g/mol. The number of phosphoric acid groups is 1. The van der Waals surface area contributed by atoms with E-state index in [4.69, 9.17) is 24.8 Å². The standard InChI is InChI=1S/C46H88NO10P/c1-3-5-7-9-11-13-15-17-19-21-22-24-25-27-29-31-33-35-37-44(48)54-39-42(40-55-58(52,53)56-41-43(47)46(50)51)57-45(49)38-36-34-32-30-28-26-23-20-18-16-14-12-10-8-6-4-2/h20,23,42-43H,3-19,21-22,24-41,47H2,1-2H3,(H,50,51)(H,52,53)/b23-20-/t42-,43+/m1/s1. The van der Waals surface area contributed by atoms with Crippen LogP contribution in [0.15, 0.2) is 12.2 Å². The van der Waals surface area contributed by atoms with Gasteiger partial charge in [-0.3, -0.25) is 23.4 Å². The minimum Gasteiger partial charge on any atom is -0.480 e. The average Bonchev–Trinajstić information content (AvgIpc) is 3.20. The van der Waals surface area contributed by atoms with Crippen LogP contribution in [0.25, 0.3) is 0 Å². The van der Waals surface area contributed by atoms with E-state index in [1.54, 1.807) is 0 Å². The maximum Gasteiger partial charge on any atom is 0.472 e. The summed E-state index contributed by atoms with van der Waals surface area (Å²) in [6, 6.07) is -1.52. The van der Waals surface area contributed by atoms with Crippen LogP contribution in [0.1, 0.15) is 232 Å². The number of aliphatic carboxylic acids is 1. The number of unbranched alkanes of at least 4 members (excludes halogenated alkanes) is 29. The molecule has 0 rings (SSSR count). The Kier molecular flexibility index (Phi) is 40.6. The Bertz CT molecular complexity index is 1040. The normalized spacial score (nSPS) is 13.7. The smallest absolute Gasteiger partial charge is 0.472 e. The quantitative estimate of drug-likeness (QED) is 0.0230. The van der Waals surface area contributed by atoms with Gasteiger partial charge in [-0.2, -0.15) is 0 Å². The van der Waals surface area contributed by atoms with E-state index in [2.05, 4.69) is 30.5 Å². The molecule has 342 valence electrons. The molecule has 0 aliphatic rings. The zero-order valence-electron chi connectivity index (χ0n) is 37.2. The van der Waals surface area contributed by atoms with E-state index in [1.807, 2.05) is 0 Å². The second-order valence-electron chi connectivity index (χ2n) is 16.2. The van der Waals surface area contributed by atoms with Gasteiger partial charge in [0.05, 0.1) is 13.2 Å². The topological polar surface area (TPSA) is 172 Å². The molecule has 0 aromatic carbocycles. The van der Waals surface area contributed by atoms with Gasteiger partial charge in [-0.15, -0.1) is 0 Å². The number of nitrogens with two attached hydrogens (primary N) is 1. The predicted molar refractivity (Wildman–Crippen MR) is 236 cm³/mol. The lowest BCUT2D eigenvalue weighted by molar-refractivity contribution is -0.161. The molecule has 0 aromatic rings. The molecule has 0 spiro atoms. The van der Waals surface area contributed by atoms with Crippen molar-refractivity contribution in [2.45, 2.75) is 244 Å². The van der Waals surface area contributed by atoms with Crippen molar-refractivity contribution >= 4 is 25.7 Å². The van der Waals surface area contributed by atoms with E-state index < -0.39 is 51.1 Å². The fourth-order valence-corrected chi connectivity index (χ4v) is 7.55. The lowest BCUT2D eigenvalue weighted by atomic mass is 10.0. The Hall–Kier alpha value is -1.78. The molecule has 0 saturated heterocycles. The molecule has 0 aliphatic heterocycles. The van der Waals surface area contributed by atoms with Crippen molar-refractivity contribution in [1.82, 2.24) is 0 Å². The molecule has 1 unspecified atom stereocenters. The Labute approximate surface area is 354 Å². The number of esters is 2. The second-order valence-corrected chi connectivity index (χ2v) is 17.7. The fourth-order valence-electron chi connectivity index (χ4n) is 6.77. The highest BCUT2D eigenvalue weighted by molar-refractivity contribution is 7.47. The zero-order chi connectivity index (χ0) is 42.8. The van der Waals surface area contributed by atoms with Gasteiger partial charge < -0.3 is 25.2 Å². The van der Waals surface area contributed by atoms with Crippen molar-refractivity contribution in [2.24, 2.45) is 5.73 Å². The number of hydrogen-bond donors (Lipinski definition) is 3. The number of ether oxygens (including phenoxy) is 2. The van der Waals surface area contributed by atoms with Crippen LogP contribution in [0.3, 0.4) is 0 Å². The highest BCUT2D eigenvalue weighted by Gasteiger charge is 2.28. The summed E-state index contributed by atoms with van der Waals surface area (Å²) in [7, 11) is -4.71.